The van der Waals surface area contributed by atoms with Crippen LogP contribution in [0.2, 0.25) is 0 Å². The standard InChI is InChI=1S/C10H10O3S/c1-13-10-6(4-11)2-3-8-9(10)7(12)5-14-8/h2-3,5,11-12H,4H2,1H3. The van der Waals surface area contributed by atoms with Gasteiger partial charge in [0, 0.05) is 15.6 Å². The van der Waals surface area contributed by atoms with Gasteiger partial charge < -0.3 is 14.9 Å². The third-order valence-corrected chi connectivity index (χ3v) is 3.06. The van der Waals surface area contributed by atoms with Crippen LogP contribution < -0.4 is 4.74 Å². The zero-order chi connectivity index (χ0) is 10.1. The molecule has 0 unspecified atom stereocenters. The van der Waals surface area contributed by atoms with E-state index in [0.717, 1.165) is 4.70 Å². The molecule has 0 atom stereocenters. The van der Waals surface area contributed by atoms with Crippen LogP contribution >= 0.6 is 11.3 Å². The van der Waals surface area contributed by atoms with Crippen molar-refractivity contribution < 1.29 is 14.9 Å². The highest BCUT2D eigenvalue weighted by atomic mass is 32.1. The Morgan fingerprint density at radius 1 is 1.43 bits per heavy atom. The van der Waals surface area contributed by atoms with Crippen LogP contribution in [-0.4, -0.2) is 17.3 Å². The van der Waals surface area contributed by atoms with E-state index in [0.29, 0.717) is 16.7 Å². The number of methoxy groups -OCH3 is 1. The molecule has 0 spiro atoms. The topological polar surface area (TPSA) is 49.7 Å². The molecule has 1 heterocycles. The first-order valence-electron chi connectivity index (χ1n) is 4.14. The zero-order valence-corrected chi connectivity index (χ0v) is 8.47. The average molecular weight is 210 g/mol. The number of fused-ring (bicyclic) bond motifs is 1. The Kier molecular flexibility index (Phi) is 2.31. The molecule has 74 valence electrons. The molecule has 1 aromatic carbocycles. The van der Waals surface area contributed by atoms with E-state index < -0.39 is 0 Å². The molecule has 0 saturated carbocycles. The van der Waals surface area contributed by atoms with Gasteiger partial charge in [0.05, 0.1) is 19.1 Å². The Labute approximate surface area is 85.2 Å². The summed E-state index contributed by atoms with van der Waals surface area (Å²) in [6.07, 6.45) is 0. The second-order valence-electron chi connectivity index (χ2n) is 2.91. The molecular formula is C10H10O3S. The number of rotatable bonds is 2. The van der Waals surface area contributed by atoms with Crippen LogP contribution in [-0.2, 0) is 6.61 Å². The second kappa shape index (κ2) is 3.48. The van der Waals surface area contributed by atoms with Crippen molar-refractivity contribution in [2.24, 2.45) is 0 Å². The largest absolute Gasteiger partial charge is 0.506 e. The maximum absolute atomic E-state index is 9.59. The van der Waals surface area contributed by atoms with E-state index in [-0.39, 0.29) is 12.4 Å². The summed E-state index contributed by atoms with van der Waals surface area (Å²) in [5.41, 5.74) is 0.689. The van der Waals surface area contributed by atoms with Gasteiger partial charge in [-0.15, -0.1) is 11.3 Å². The SMILES string of the molecule is COc1c(CO)ccc2scc(O)c12. The minimum absolute atomic E-state index is 0.0889. The fraction of sp³-hybridized carbons (Fsp3) is 0.200. The lowest BCUT2D eigenvalue weighted by Crippen LogP contribution is -1.91. The highest BCUT2D eigenvalue weighted by Crippen LogP contribution is 2.40. The lowest BCUT2D eigenvalue weighted by molar-refractivity contribution is 0.274. The Hall–Kier alpha value is -1.26. The maximum atomic E-state index is 9.59. The van der Waals surface area contributed by atoms with Crippen LogP contribution in [0.1, 0.15) is 5.56 Å². The zero-order valence-electron chi connectivity index (χ0n) is 7.65. The van der Waals surface area contributed by atoms with Crippen LogP contribution in [0.15, 0.2) is 17.5 Å². The van der Waals surface area contributed by atoms with Gasteiger partial charge in [0.15, 0.2) is 0 Å². The summed E-state index contributed by atoms with van der Waals surface area (Å²) in [5, 5.41) is 21.0. The Morgan fingerprint density at radius 3 is 2.86 bits per heavy atom. The van der Waals surface area contributed by atoms with Crippen molar-refractivity contribution in [3.63, 3.8) is 0 Å². The molecule has 0 aliphatic carbocycles. The van der Waals surface area contributed by atoms with Crippen molar-refractivity contribution in [3.05, 3.63) is 23.1 Å². The summed E-state index contributed by atoms with van der Waals surface area (Å²) < 4.78 is 6.13. The minimum atomic E-state index is -0.0889. The molecule has 2 aromatic rings. The van der Waals surface area contributed by atoms with Crippen molar-refractivity contribution in [2.45, 2.75) is 6.61 Å². The number of benzene rings is 1. The highest BCUT2D eigenvalue weighted by molar-refractivity contribution is 7.17. The van der Waals surface area contributed by atoms with Gasteiger partial charge in [0.1, 0.15) is 11.5 Å². The first kappa shape index (κ1) is 9.30. The molecule has 1 aromatic heterocycles. The predicted octanol–water partition coefficient (Wildman–Crippen LogP) is 2.11. The maximum Gasteiger partial charge on any atom is 0.137 e. The van der Waals surface area contributed by atoms with Crippen molar-refractivity contribution in [3.8, 4) is 11.5 Å². The molecule has 0 saturated heterocycles. The summed E-state index contributed by atoms with van der Waals surface area (Å²) in [6.45, 7) is -0.0889. The Bertz CT molecular complexity index is 462. The lowest BCUT2D eigenvalue weighted by atomic mass is 10.1. The molecule has 2 rings (SSSR count). The van der Waals surface area contributed by atoms with Crippen molar-refractivity contribution in [1.29, 1.82) is 0 Å². The average Bonchev–Trinajstić information content (AvgIpc) is 2.59. The van der Waals surface area contributed by atoms with E-state index in [1.54, 1.807) is 11.4 Å². The van der Waals surface area contributed by atoms with Gasteiger partial charge in [-0.2, -0.15) is 0 Å². The molecule has 0 aliphatic heterocycles. The monoisotopic (exact) mass is 210 g/mol. The molecule has 2 N–H and O–H groups in total. The van der Waals surface area contributed by atoms with E-state index in [2.05, 4.69) is 0 Å². The molecule has 0 aliphatic rings. The summed E-state index contributed by atoms with van der Waals surface area (Å²) in [5.74, 6) is 0.765. The van der Waals surface area contributed by atoms with Gasteiger partial charge in [0.2, 0.25) is 0 Å². The molecule has 0 radical (unpaired) electrons. The summed E-state index contributed by atoms with van der Waals surface area (Å²) in [7, 11) is 1.53. The van der Waals surface area contributed by atoms with Crippen molar-refractivity contribution in [1.82, 2.24) is 0 Å². The number of thiophene rings is 1. The summed E-state index contributed by atoms with van der Waals surface area (Å²) >= 11 is 1.45. The summed E-state index contributed by atoms with van der Waals surface area (Å²) in [4.78, 5) is 0. The first-order valence-corrected chi connectivity index (χ1v) is 5.02. The van der Waals surface area contributed by atoms with Crippen LogP contribution in [0.4, 0.5) is 0 Å². The highest BCUT2D eigenvalue weighted by Gasteiger charge is 2.12. The number of aliphatic hydroxyl groups is 1. The third kappa shape index (κ3) is 1.23. The van der Waals surface area contributed by atoms with E-state index in [1.807, 2.05) is 6.07 Å². The third-order valence-electron chi connectivity index (χ3n) is 2.13. The van der Waals surface area contributed by atoms with Gasteiger partial charge >= 0.3 is 0 Å². The van der Waals surface area contributed by atoms with E-state index in [1.165, 1.54) is 18.4 Å². The van der Waals surface area contributed by atoms with E-state index in [9.17, 15) is 5.11 Å². The van der Waals surface area contributed by atoms with Crippen molar-refractivity contribution in [2.75, 3.05) is 7.11 Å². The van der Waals surface area contributed by atoms with Gasteiger partial charge in [-0.25, -0.2) is 0 Å². The van der Waals surface area contributed by atoms with Gasteiger partial charge in [-0.05, 0) is 6.07 Å². The number of hydrogen-bond donors (Lipinski definition) is 2. The van der Waals surface area contributed by atoms with E-state index in [4.69, 9.17) is 9.84 Å². The molecule has 3 nitrogen and oxygen atoms in total. The minimum Gasteiger partial charge on any atom is -0.506 e. The van der Waals surface area contributed by atoms with Gasteiger partial charge in [0.25, 0.3) is 0 Å². The second-order valence-corrected chi connectivity index (χ2v) is 3.82. The Balaban J connectivity index is 2.81. The fourth-order valence-corrected chi connectivity index (χ4v) is 2.30. The van der Waals surface area contributed by atoms with Gasteiger partial charge in [-0.1, -0.05) is 6.07 Å². The number of hydrogen-bond acceptors (Lipinski definition) is 4. The predicted molar refractivity (Wildman–Crippen MR) is 56.0 cm³/mol. The normalized spacial score (nSPS) is 10.7. The number of ether oxygens (including phenoxy) is 1. The molecule has 0 fully saturated rings. The molecule has 0 amide bonds. The van der Waals surface area contributed by atoms with Crippen molar-refractivity contribution >= 4 is 21.4 Å². The summed E-state index contributed by atoms with van der Waals surface area (Å²) in [6, 6.07) is 3.67. The van der Waals surface area contributed by atoms with E-state index >= 15 is 0 Å². The van der Waals surface area contributed by atoms with Gasteiger partial charge in [-0.3, -0.25) is 0 Å². The smallest absolute Gasteiger partial charge is 0.137 e. The molecule has 0 bridgehead atoms. The molecule has 14 heavy (non-hydrogen) atoms. The van der Waals surface area contributed by atoms with Crippen LogP contribution in [0.5, 0.6) is 11.5 Å². The Morgan fingerprint density at radius 2 is 2.21 bits per heavy atom. The number of aromatic hydroxyl groups is 1. The molecule has 4 heteroatoms. The van der Waals surface area contributed by atoms with Crippen LogP contribution in [0.3, 0.4) is 0 Å². The quantitative estimate of drug-likeness (QED) is 0.798. The number of aliphatic hydroxyl groups excluding tert-OH is 1. The lowest BCUT2D eigenvalue weighted by Gasteiger charge is -2.07. The first-order chi connectivity index (χ1) is 6.77. The van der Waals surface area contributed by atoms with Crippen LogP contribution in [0.25, 0.3) is 10.1 Å². The molecular weight excluding hydrogens is 200 g/mol. The van der Waals surface area contributed by atoms with Crippen LogP contribution in [0, 0.1) is 0 Å². The fourth-order valence-electron chi connectivity index (χ4n) is 1.48.